The molecule has 1 unspecified atom stereocenters. The summed E-state index contributed by atoms with van der Waals surface area (Å²) >= 11 is 1.80. The summed E-state index contributed by atoms with van der Waals surface area (Å²) in [5.74, 6) is 0. The molecule has 2 aromatic heterocycles. The highest BCUT2D eigenvalue weighted by Crippen LogP contribution is 2.32. The van der Waals surface area contributed by atoms with Crippen molar-refractivity contribution in [2.24, 2.45) is 0 Å². The number of nitrogens with zero attached hydrogens (tertiary/aromatic N) is 2. The van der Waals surface area contributed by atoms with E-state index in [0.717, 1.165) is 28.7 Å². The van der Waals surface area contributed by atoms with Gasteiger partial charge in [0, 0.05) is 29.8 Å². The number of thiophene rings is 1. The molecule has 0 aliphatic heterocycles. The van der Waals surface area contributed by atoms with Crippen molar-refractivity contribution in [1.82, 2.24) is 4.98 Å². The van der Waals surface area contributed by atoms with Crippen LogP contribution in [0.2, 0.25) is 0 Å². The summed E-state index contributed by atoms with van der Waals surface area (Å²) in [6.07, 6.45) is 2.77. The Labute approximate surface area is 129 Å². The van der Waals surface area contributed by atoms with Gasteiger partial charge in [-0.25, -0.2) is 0 Å². The number of likely N-dealkylation sites (N-methyl/N-ethyl adjacent to an activating group) is 1. The predicted octanol–water partition coefficient (Wildman–Crippen LogP) is 3.95. The van der Waals surface area contributed by atoms with Gasteiger partial charge in [-0.3, -0.25) is 4.98 Å². The second-order valence-corrected chi connectivity index (χ2v) is 6.35. The monoisotopic (exact) mass is 297 g/mol. The number of fused-ring (bicyclic) bond motifs is 1. The zero-order valence-electron chi connectivity index (χ0n) is 12.3. The lowest BCUT2D eigenvalue weighted by Crippen LogP contribution is -2.31. The second kappa shape index (κ2) is 5.74. The minimum atomic E-state index is 0.372. The first-order valence-corrected chi connectivity index (χ1v) is 7.93. The van der Waals surface area contributed by atoms with Gasteiger partial charge in [0.05, 0.1) is 23.1 Å². The van der Waals surface area contributed by atoms with E-state index < -0.39 is 0 Å². The maximum atomic E-state index is 6.20. The van der Waals surface area contributed by atoms with Gasteiger partial charge in [-0.2, -0.15) is 0 Å². The van der Waals surface area contributed by atoms with Crippen LogP contribution in [-0.2, 0) is 6.42 Å². The van der Waals surface area contributed by atoms with Gasteiger partial charge in [0.25, 0.3) is 0 Å². The molecule has 3 aromatic rings. The van der Waals surface area contributed by atoms with E-state index >= 15 is 0 Å². The van der Waals surface area contributed by atoms with Crippen LogP contribution in [0.1, 0.15) is 11.8 Å². The molecule has 0 fully saturated rings. The molecule has 0 radical (unpaired) electrons. The maximum Gasteiger partial charge on any atom is 0.0745 e. The molecular formula is C17H19N3S. The third kappa shape index (κ3) is 2.72. The topological polar surface area (TPSA) is 42.1 Å². The Bertz CT molecular complexity index is 737. The summed E-state index contributed by atoms with van der Waals surface area (Å²) in [7, 11) is 2.11. The quantitative estimate of drug-likeness (QED) is 0.793. The molecule has 3 rings (SSSR count). The maximum absolute atomic E-state index is 6.20. The fourth-order valence-corrected chi connectivity index (χ4v) is 3.44. The second-order valence-electron chi connectivity index (χ2n) is 5.32. The van der Waals surface area contributed by atoms with Crippen molar-refractivity contribution >= 4 is 33.6 Å². The van der Waals surface area contributed by atoms with E-state index in [1.54, 1.807) is 17.5 Å². The largest absolute Gasteiger partial charge is 0.396 e. The van der Waals surface area contributed by atoms with Crippen molar-refractivity contribution in [3.63, 3.8) is 0 Å². The number of pyridine rings is 1. The molecule has 4 heteroatoms. The Morgan fingerprint density at radius 3 is 2.81 bits per heavy atom. The first-order valence-electron chi connectivity index (χ1n) is 7.05. The lowest BCUT2D eigenvalue weighted by atomic mass is 10.1. The smallest absolute Gasteiger partial charge is 0.0745 e. The third-order valence-corrected chi connectivity index (χ3v) is 4.76. The van der Waals surface area contributed by atoms with Gasteiger partial charge >= 0.3 is 0 Å². The highest BCUT2D eigenvalue weighted by molar-refractivity contribution is 7.09. The molecule has 1 atom stereocenters. The number of para-hydroxylation sites is 1. The van der Waals surface area contributed by atoms with Crippen LogP contribution in [0.4, 0.5) is 11.4 Å². The molecule has 2 heterocycles. The molecule has 0 aliphatic rings. The van der Waals surface area contributed by atoms with Crippen LogP contribution in [0.25, 0.3) is 10.9 Å². The van der Waals surface area contributed by atoms with Crippen LogP contribution in [0.15, 0.2) is 48.0 Å². The third-order valence-electron chi connectivity index (χ3n) is 3.87. The lowest BCUT2D eigenvalue weighted by molar-refractivity contribution is 0.691. The van der Waals surface area contributed by atoms with Crippen molar-refractivity contribution in [1.29, 1.82) is 0 Å². The van der Waals surface area contributed by atoms with Crippen molar-refractivity contribution in [2.75, 3.05) is 17.7 Å². The van der Waals surface area contributed by atoms with E-state index in [1.807, 2.05) is 18.2 Å². The molecule has 0 saturated heterocycles. The zero-order chi connectivity index (χ0) is 14.8. The van der Waals surface area contributed by atoms with E-state index in [4.69, 9.17) is 5.73 Å². The summed E-state index contributed by atoms with van der Waals surface area (Å²) in [6, 6.07) is 12.8. The molecule has 1 aromatic carbocycles. The Morgan fingerprint density at radius 2 is 2.05 bits per heavy atom. The van der Waals surface area contributed by atoms with Gasteiger partial charge in [-0.1, -0.05) is 24.3 Å². The van der Waals surface area contributed by atoms with Crippen molar-refractivity contribution < 1.29 is 0 Å². The number of nitrogen functional groups attached to an aromatic ring is 1. The van der Waals surface area contributed by atoms with Crippen molar-refractivity contribution in [3.8, 4) is 0 Å². The SMILES string of the molecule is CC(Cc1cccs1)N(C)c1c(N)cnc2ccccc12. The number of aromatic nitrogens is 1. The van der Waals surface area contributed by atoms with Crippen LogP contribution >= 0.6 is 11.3 Å². The Balaban J connectivity index is 1.97. The van der Waals surface area contributed by atoms with Crippen LogP contribution in [0, 0.1) is 0 Å². The lowest BCUT2D eigenvalue weighted by Gasteiger charge is -2.29. The molecular weight excluding hydrogens is 278 g/mol. The molecule has 0 amide bonds. The predicted molar refractivity (Wildman–Crippen MR) is 92.0 cm³/mol. The molecule has 21 heavy (non-hydrogen) atoms. The minimum absolute atomic E-state index is 0.372. The van der Waals surface area contributed by atoms with E-state index in [-0.39, 0.29) is 0 Å². The molecule has 0 saturated carbocycles. The summed E-state index contributed by atoms with van der Waals surface area (Å²) in [6.45, 7) is 2.23. The van der Waals surface area contributed by atoms with Gasteiger partial charge in [0.2, 0.25) is 0 Å². The van der Waals surface area contributed by atoms with Crippen LogP contribution in [0.5, 0.6) is 0 Å². The van der Waals surface area contributed by atoms with Gasteiger partial charge in [0.1, 0.15) is 0 Å². The molecule has 0 bridgehead atoms. The molecule has 0 spiro atoms. The number of hydrogen-bond acceptors (Lipinski definition) is 4. The average Bonchev–Trinajstić information content (AvgIpc) is 2.99. The van der Waals surface area contributed by atoms with E-state index in [0.29, 0.717) is 6.04 Å². The highest BCUT2D eigenvalue weighted by atomic mass is 32.1. The zero-order valence-corrected chi connectivity index (χ0v) is 13.1. The Kier molecular flexibility index (Phi) is 3.80. The molecule has 2 N–H and O–H groups in total. The van der Waals surface area contributed by atoms with E-state index in [9.17, 15) is 0 Å². The fourth-order valence-electron chi connectivity index (χ4n) is 2.61. The summed E-state index contributed by atoms with van der Waals surface area (Å²) < 4.78 is 0. The molecule has 3 nitrogen and oxygen atoms in total. The molecule has 108 valence electrons. The van der Waals surface area contributed by atoms with Gasteiger partial charge in [-0.15, -0.1) is 11.3 Å². The number of anilines is 2. The minimum Gasteiger partial charge on any atom is -0.396 e. The Hall–Kier alpha value is -2.07. The van der Waals surface area contributed by atoms with Crippen molar-refractivity contribution in [3.05, 3.63) is 52.9 Å². The fraction of sp³-hybridized carbons (Fsp3) is 0.235. The van der Waals surface area contributed by atoms with Gasteiger partial charge < -0.3 is 10.6 Å². The van der Waals surface area contributed by atoms with E-state index in [2.05, 4.69) is 47.4 Å². The number of benzene rings is 1. The number of rotatable bonds is 4. The first-order chi connectivity index (χ1) is 10.2. The number of hydrogen-bond donors (Lipinski definition) is 1. The standard InChI is InChI=1S/C17H19N3S/c1-12(10-13-6-5-9-21-13)20(2)17-14-7-3-4-8-16(14)19-11-15(17)18/h3-9,11-12H,10,18H2,1-2H3. The van der Waals surface area contributed by atoms with E-state index in [1.165, 1.54) is 4.88 Å². The molecule has 0 aliphatic carbocycles. The van der Waals surface area contributed by atoms with Gasteiger partial charge in [0.15, 0.2) is 0 Å². The van der Waals surface area contributed by atoms with Gasteiger partial charge in [-0.05, 0) is 24.4 Å². The van der Waals surface area contributed by atoms with Crippen LogP contribution < -0.4 is 10.6 Å². The summed E-state index contributed by atoms with van der Waals surface area (Å²) in [5.41, 5.74) is 8.98. The summed E-state index contributed by atoms with van der Waals surface area (Å²) in [4.78, 5) is 8.07. The van der Waals surface area contributed by atoms with Crippen LogP contribution in [0.3, 0.4) is 0 Å². The average molecular weight is 297 g/mol. The normalized spacial score (nSPS) is 12.5. The number of nitrogens with two attached hydrogens (primary N) is 1. The first kappa shape index (κ1) is 13.9. The Morgan fingerprint density at radius 1 is 1.24 bits per heavy atom. The summed E-state index contributed by atoms with van der Waals surface area (Å²) in [5, 5.41) is 3.23. The van der Waals surface area contributed by atoms with Crippen molar-refractivity contribution in [2.45, 2.75) is 19.4 Å². The van der Waals surface area contributed by atoms with Crippen LogP contribution in [-0.4, -0.2) is 18.1 Å². The highest BCUT2D eigenvalue weighted by Gasteiger charge is 2.16.